The second-order valence-corrected chi connectivity index (χ2v) is 5.56. The van der Waals surface area contributed by atoms with Crippen molar-refractivity contribution in [2.75, 3.05) is 0 Å². The van der Waals surface area contributed by atoms with Crippen molar-refractivity contribution in [1.29, 1.82) is 0 Å². The van der Waals surface area contributed by atoms with Crippen molar-refractivity contribution in [3.63, 3.8) is 0 Å². The molecule has 2 aromatic heterocycles. The summed E-state index contributed by atoms with van der Waals surface area (Å²) >= 11 is 0. The smallest absolute Gasteiger partial charge is 0.248 e. The van der Waals surface area contributed by atoms with Crippen LogP contribution in [0.3, 0.4) is 0 Å². The lowest BCUT2D eigenvalue weighted by atomic mass is 9.94. The van der Waals surface area contributed by atoms with E-state index in [1.54, 1.807) is 6.20 Å². The van der Waals surface area contributed by atoms with E-state index < -0.39 is 11.8 Å². The summed E-state index contributed by atoms with van der Waals surface area (Å²) in [6.07, 6.45) is 5.61. The minimum Gasteiger partial charge on any atom is -0.474 e. The normalized spacial score (nSPS) is 18.5. The second kappa shape index (κ2) is 5.94. The third kappa shape index (κ3) is 3.46. The lowest BCUT2D eigenvalue weighted by molar-refractivity contribution is -0.113. The molecular formula is C15H16F2N4O2. The Morgan fingerprint density at radius 1 is 1.39 bits per heavy atom. The fraction of sp³-hybridized carbons (Fsp3) is 0.400. The highest BCUT2D eigenvalue weighted by atomic mass is 19.3. The Labute approximate surface area is 130 Å². The molecule has 3 N–H and O–H groups in total. The number of carbonyl (C=O) groups is 1. The summed E-state index contributed by atoms with van der Waals surface area (Å²) < 4.78 is 32.3. The Kier molecular flexibility index (Phi) is 3.97. The first-order chi connectivity index (χ1) is 10.9. The molecule has 1 saturated carbocycles. The second-order valence-electron chi connectivity index (χ2n) is 5.56. The van der Waals surface area contributed by atoms with Crippen LogP contribution in [-0.4, -0.2) is 32.9 Å². The van der Waals surface area contributed by atoms with Gasteiger partial charge >= 0.3 is 0 Å². The van der Waals surface area contributed by atoms with Crippen molar-refractivity contribution in [2.45, 2.75) is 37.7 Å². The molecule has 23 heavy (non-hydrogen) atoms. The van der Waals surface area contributed by atoms with E-state index in [-0.39, 0.29) is 31.8 Å². The molecule has 3 rings (SSSR count). The quantitative estimate of drug-likeness (QED) is 0.845. The molecule has 0 unspecified atom stereocenters. The zero-order valence-corrected chi connectivity index (χ0v) is 12.3. The monoisotopic (exact) mass is 322 g/mol. The van der Waals surface area contributed by atoms with Gasteiger partial charge in [-0.2, -0.15) is 0 Å². The first kappa shape index (κ1) is 15.4. The molecule has 0 saturated heterocycles. The summed E-state index contributed by atoms with van der Waals surface area (Å²) in [6.45, 7) is 0. The molecule has 1 aliphatic carbocycles. The van der Waals surface area contributed by atoms with Crippen LogP contribution in [0, 0.1) is 0 Å². The van der Waals surface area contributed by atoms with Crippen LogP contribution in [0.25, 0.3) is 17.1 Å². The number of nitrogens with zero attached hydrogens (tertiary/aromatic N) is 2. The van der Waals surface area contributed by atoms with Crippen LogP contribution < -0.4 is 10.5 Å². The number of hydrogen-bond donors (Lipinski definition) is 2. The predicted molar refractivity (Wildman–Crippen MR) is 79.9 cm³/mol. The first-order valence-corrected chi connectivity index (χ1v) is 7.29. The van der Waals surface area contributed by atoms with Gasteiger partial charge in [-0.25, -0.2) is 18.7 Å². The fourth-order valence-corrected chi connectivity index (χ4v) is 2.64. The summed E-state index contributed by atoms with van der Waals surface area (Å²) in [4.78, 5) is 22.0. The number of fused-ring (bicyclic) bond motifs is 1. The molecule has 122 valence electrons. The maximum atomic E-state index is 13.2. The van der Waals surface area contributed by atoms with Crippen molar-refractivity contribution in [2.24, 2.45) is 5.73 Å². The zero-order chi connectivity index (χ0) is 16.4. The third-order valence-corrected chi connectivity index (χ3v) is 3.84. The number of halogens is 2. The van der Waals surface area contributed by atoms with Crippen molar-refractivity contribution in [1.82, 2.24) is 15.0 Å². The van der Waals surface area contributed by atoms with E-state index >= 15 is 0 Å². The Morgan fingerprint density at radius 2 is 2.13 bits per heavy atom. The van der Waals surface area contributed by atoms with E-state index in [0.717, 1.165) is 0 Å². The van der Waals surface area contributed by atoms with E-state index in [4.69, 9.17) is 10.5 Å². The van der Waals surface area contributed by atoms with Crippen molar-refractivity contribution in [3.05, 3.63) is 24.2 Å². The number of H-pyrrole nitrogens is 1. The van der Waals surface area contributed by atoms with Crippen LogP contribution in [-0.2, 0) is 4.79 Å². The van der Waals surface area contributed by atoms with Gasteiger partial charge in [0.2, 0.25) is 17.7 Å². The number of aromatic amines is 1. The van der Waals surface area contributed by atoms with Gasteiger partial charge in [0, 0.05) is 30.7 Å². The number of alkyl halides is 2. The van der Waals surface area contributed by atoms with Crippen LogP contribution in [0.5, 0.6) is 5.88 Å². The standard InChI is InChI=1S/C15H16F2N4O2/c16-15(17)5-3-10(4-6-15)23-14-12-9(1-2-11(18)22)7-19-13(12)20-8-21-14/h1-2,7-8,10H,3-6H2,(H2,18,22)(H,19,20,21)/b2-1+. The molecule has 0 aromatic carbocycles. The average molecular weight is 322 g/mol. The van der Waals surface area contributed by atoms with E-state index in [9.17, 15) is 13.6 Å². The summed E-state index contributed by atoms with van der Waals surface area (Å²) in [6, 6.07) is 0. The molecule has 0 bridgehead atoms. The van der Waals surface area contributed by atoms with E-state index in [1.807, 2.05) is 0 Å². The third-order valence-electron chi connectivity index (χ3n) is 3.84. The number of ether oxygens (including phenoxy) is 1. The molecule has 6 nitrogen and oxygen atoms in total. The van der Waals surface area contributed by atoms with Gasteiger partial charge in [-0.15, -0.1) is 0 Å². The maximum absolute atomic E-state index is 13.2. The van der Waals surface area contributed by atoms with Gasteiger partial charge in [-0.1, -0.05) is 0 Å². The van der Waals surface area contributed by atoms with Gasteiger partial charge in [0.25, 0.3) is 0 Å². The molecular weight excluding hydrogens is 306 g/mol. The summed E-state index contributed by atoms with van der Waals surface area (Å²) in [5, 5.41) is 0.599. The van der Waals surface area contributed by atoms with Crippen molar-refractivity contribution >= 4 is 23.0 Å². The molecule has 0 radical (unpaired) electrons. The SMILES string of the molecule is NC(=O)/C=C/c1c[nH]c2ncnc(OC3CCC(F)(F)CC3)c12. The highest BCUT2D eigenvalue weighted by Crippen LogP contribution is 2.36. The van der Waals surface area contributed by atoms with Crippen LogP contribution in [0.1, 0.15) is 31.2 Å². The molecule has 1 amide bonds. The number of primary amides is 1. The van der Waals surface area contributed by atoms with Crippen LogP contribution in [0.4, 0.5) is 8.78 Å². The number of hydrogen-bond acceptors (Lipinski definition) is 4. The van der Waals surface area contributed by atoms with E-state index in [0.29, 0.717) is 22.5 Å². The number of rotatable bonds is 4. The van der Waals surface area contributed by atoms with Gasteiger partial charge in [-0.05, 0) is 18.9 Å². The van der Waals surface area contributed by atoms with Crippen LogP contribution in [0.2, 0.25) is 0 Å². The Morgan fingerprint density at radius 3 is 2.83 bits per heavy atom. The number of nitrogens with one attached hydrogen (secondary N) is 1. The molecule has 8 heteroatoms. The maximum Gasteiger partial charge on any atom is 0.248 e. The minimum atomic E-state index is -2.61. The summed E-state index contributed by atoms with van der Waals surface area (Å²) in [5.41, 5.74) is 6.29. The lowest BCUT2D eigenvalue weighted by Crippen LogP contribution is -2.31. The molecule has 2 heterocycles. The predicted octanol–water partition coefficient (Wildman–Crippen LogP) is 2.41. The molecule has 1 fully saturated rings. The Balaban J connectivity index is 1.86. The lowest BCUT2D eigenvalue weighted by Gasteiger charge is -2.28. The molecule has 2 aromatic rings. The summed E-state index contributed by atoms with van der Waals surface area (Å²) in [7, 11) is 0. The number of carbonyl (C=O) groups excluding carboxylic acids is 1. The van der Waals surface area contributed by atoms with Gasteiger partial charge in [0.1, 0.15) is 18.1 Å². The largest absolute Gasteiger partial charge is 0.474 e. The molecule has 0 aliphatic heterocycles. The van der Waals surface area contributed by atoms with Gasteiger partial charge < -0.3 is 15.5 Å². The molecule has 1 aliphatic rings. The first-order valence-electron chi connectivity index (χ1n) is 7.29. The Bertz CT molecular complexity index is 747. The Hall–Kier alpha value is -2.51. The number of amides is 1. The van der Waals surface area contributed by atoms with Crippen LogP contribution >= 0.6 is 0 Å². The van der Waals surface area contributed by atoms with E-state index in [2.05, 4.69) is 15.0 Å². The fourth-order valence-electron chi connectivity index (χ4n) is 2.64. The number of aromatic nitrogens is 3. The van der Waals surface area contributed by atoms with Gasteiger partial charge in [0.05, 0.1) is 5.39 Å². The highest BCUT2D eigenvalue weighted by Gasteiger charge is 2.36. The van der Waals surface area contributed by atoms with Crippen molar-refractivity contribution in [3.8, 4) is 5.88 Å². The topological polar surface area (TPSA) is 93.9 Å². The van der Waals surface area contributed by atoms with Gasteiger partial charge in [-0.3, -0.25) is 4.79 Å². The van der Waals surface area contributed by atoms with E-state index in [1.165, 1.54) is 18.5 Å². The summed E-state index contributed by atoms with van der Waals surface area (Å²) in [5.74, 6) is -2.87. The minimum absolute atomic E-state index is 0.187. The highest BCUT2D eigenvalue weighted by molar-refractivity contribution is 5.96. The number of nitrogens with two attached hydrogens (primary N) is 1. The average Bonchev–Trinajstić information content (AvgIpc) is 2.91. The zero-order valence-electron chi connectivity index (χ0n) is 12.3. The molecule has 0 atom stereocenters. The van der Waals surface area contributed by atoms with Crippen molar-refractivity contribution < 1.29 is 18.3 Å². The van der Waals surface area contributed by atoms with Gasteiger partial charge in [0.15, 0.2) is 0 Å². The van der Waals surface area contributed by atoms with Crippen LogP contribution in [0.15, 0.2) is 18.6 Å². The molecule has 0 spiro atoms.